The van der Waals surface area contributed by atoms with E-state index in [4.69, 9.17) is 20.5 Å². The molecule has 0 aliphatic rings. The lowest BCUT2D eigenvalue weighted by atomic mass is 10.5. The van der Waals surface area contributed by atoms with Crippen molar-refractivity contribution in [2.45, 2.75) is 33.3 Å². The molecule has 0 saturated heterocycles. The average molecular weight is 227 g/mol. The van der Waals surface area contributed by atoms with Gasteiger partial charge in [-0.1, -0.05) is 6.92 Å². The zero-order valence-corrected chi connectivity index (χ0v) is 9.80. The Morgan fingerprint density at radius 1 is 1.67 bits per heavy atom. The molecule has 6 heteroatoms. The lowest BCUT2D eigenvalue weighted by molar-refractivity contribution is -0.132. The summed E-state index contributed by atoms with van der Waals surface area (Å²) in [6.45, 7) is 5.52. The Balaban J connectivity index is 3.51. The van der Waals surface area contributed by atoms with Gasteiger partial charge < -0.3 is 4.18 Å². The molecule has 0 aliphatic heterocycles. The fourth-order valence-electron chi connectivity index (χ4n) is 0.321. The summed E-state index contributed by atoms with van der Waals surface area (Å²) in [4.78, 5) is 10.7. The number of hydrogen-bond acceptors (Lipinski definition) is 5. The SMILES string of the molecule is CCC(=O)OS[P+](=S)OC(C)C. The topological polar surface area (TPSA) is 35.5 Å². The minimum Gasteiger partial charge on any atom is -0.347 e. The van der Waals surface area contributed by atoms with Crippen molar-refractivity contribution in [1.29, 1.82) is 0 Å². The third-order valence-corrected chi connectivity index (χ3v) is 3.41. The summed E-state index contributed by atoms with van der Waals surface area (Å²) in [5.41, 5.74) is 0. The molecule has 0 saturated carbocycles. The van der Waals surface area contributed by atoms with Crippen LogP contribution in [0.15, 0.2) is 0 Å². The van der Waals surface area contributed by atoms with Gasteiger partial charge in [0.2, 0.25) is 11.8 Å². The van der Waals surface area contributed by atoms with Gasteiger partial charge in [-0.05, 0) is 13.8 Å². The van der Waals surface area contributed by atoms with E-state index in [9.17, 15) is 4.79 Å². The first-order valence-corrected chi connectivity index (χ1v) is 7.19. The Morgan fingerprint density at radius 2 is 2.25 bits per heavy atom. The maximum atomic E-state index is 10.7. The summed E-state index contributed by atoms with van der Waals surface area (Å²) in [5, 5.41) is 0. The van der Waals surface area contributed by atoms with Gasteiger partial charge in [-0.3, -0.25) is 4.79 Å². The van der Waals surface area contributed by atoms with Crippen LogP contribution in [0.25, 0.3) is 0 Å². The van der Waals surface area contributed by atoms with Crippen molar-refractivity contribution < 1.29 is 13.5 Å². The van der Waals surface area contributed by atoms with Gasteiger partial charge in [-0.25, -0.2) is 0 Å². The van der Waals surface area contributed by atoms with E-state index < -0.39 is 6.13 Å². The third-order valence-electron chi connectivity index (χ3n) is 0.777. The van der Waals surface area contributed by atoms with E-state index in [2.05, 4.69) is 0 Å². The van der Waals surface area contributed by atoms with Gasteiger partial charge in [0.25, 0.3) is 0 Å². The average Bonchev–Trinajstić information content (AvgIpc) is 1.99. The van der Waals surface area contributed by atoms with Crippen molar-refractivity contribution in [2.24, 2.45) is 0 Å². The van der Waals surface area contributed by atoms with Gasteiger partial charge >= 0.3 is 23.8 Å². The van der Waals surface area contributed by atoms with Gasteiger partial charge in [0.15, 0.2) is 0 Å². The van der Waals surface area contributed by atoms with E-state index in [1.165, 1.54) is 0 Å². The highest BCUT2D eigenvalue weighted by molar-refractivity contribution is 8.60. The molecule has 0 heterocycles. The summed E-state index contributed by atoms with van der Waals surface area (Å²) >= 11 is 5.85. The second-order valence-electron chi connectivity index (χ2n) is 2.26. The van der Waals surface area contributed by atoms with E-state index in [0.717, 1.165) is 11.7 Å². The summed E-state index contributed by atoms with van der Waals surface area (Å²) in [6, 6.07) is 0. The monoisotopic (exact) mass is 227 g/mol. The van der Waals surface area contributed by atoms with Crippen molar-refractivity contribution in [3.8, 4) is 0 Å². The lowest BCUT2D eigenvalue weighted by Gasteiger charge is -1.94. The lowest BCUT2D eigenvalue weighted by Crippen LogP contribution is -1.96. The van der Waals surface area contributed by atoms with Crippen molar-refractivity contribution in [1.82, 2.24) is 0 Å². The Morgan fingerprint density at radius 3 is 2.67 bits per heavy atom. The van der Waals surface area contributed by atoms with Crippen LogP contribution in [0, 0.1) is 0 Å². The fourth-order valence-corrected chi connectivity index (χ4v) is 2.81. The standard InChI is InChI=1S/C6H12O3PS2/c1-4-6(7)9-12-10(11)8-5(2)3/h5H,4H2,1-3H3/q+1. The molecule has 0 aromatic rings. The summed E-state index contributed by atoms with van der Waals surface area (Å²) in [6.07, 6.45) is -0.648. The zero-order chi connectivity index (χ0) is 9.56. The predicted molar refractivity (Wildman–Crippen MR) is 54.5 cm³/mol. The van der Waals surface area contributed by atoms with E-state index in [1.807, 2.05) is 13.8 Å². The summed E-state index contributed by atoms with van der Waals surface area (Å²) in [5.74, 6) is -0.260. The van der Waals surface area contributed by atoms with Crippen molar-refractivity contribution in [3.05, 3.63) is 0 Å². The molecule has 0 fully saturated rings. The van der Waals surface area contributed by atoms with E-state index in [0.29, 0.717) is 6.42 Å². The minimum atomic E-state index is -1.10. The summed E-state index contributed by atoms with van der Waals surface area (Å²) < 4.78 is 9.94. The molecule has 0 amide bonds. The number of rotatable bonds is 5. The van der Waals surface area contributed by atoms with E-state index in [-0.39, 0.29) is 12.1 Å². The minimum absolute atomic E-state index is 0.0847. The normalized spacial score (nSPS) is 11.5. The van der Waals surface area contributed by atoms with Crippen LogP contribution < -0.4 is 0 Å². The highest BCUT2D eigenvalue weighted by Gasteiger charge is 2.20. The first kappa shape index (κ1) is 12.3. The molecule has 0 radical (unpaired) electrons. The molecule has 0 N–H and O–H groups in total. The van der Waals surface area contributed by atoms with Crippen LogP contribution in [0.1, 0.15) is 27.2 Å². The molecule has 3 nitrogen and oxygen atoms in total. The van der Waals surface area contributed by atoms with Gasteiger partial charge in [0.05, 0.1) is 0 Å². The molecule has 1 unspecified atom stereocenters. The maximum absolute atomic E-state index is 10.7. The molecular formula is C6H12O3PS2+. The van der Waals surface area contributed by atoms with Crippen LogP contribution in [0.5, 0.6) is 0 Å². The Kier molecular flexibility index (Phi) is 6.95. The van der Waals surface area contributed by atoms with Crippen LogP contribution in [0.4, 0.5) is 0 Å². The largest absolute Gasteiger partial charge is 0.459 e. The molecule has 0 aromatic carbocycles. The zero-order valence-electron chi connectivity index (χ0n) is 7.27. The van der Waals surface area contributed by atoms with Gasteiger partial charge in [-0.15, -0.1) is 0 Å². The van der Waals surface area contributed by atoms with Crippen LogP contribution in [-0.4, -0.2) is 12.1 Å². The van der Waals surface area contributed by atoms with Crippen molar-refractivity contribution in [2.75, 3.05) is 0 Å². The molecule has 0 rings (SSSR count). The molecule has 0 spiro atoms. The van der Waals surface area contributed by atoms with Crippen LogP contribution in [-0.2, 0) is 25.3 Å². The molecule has 70 valence electrons. The van der Waals surface area contributed by atoms with E-state index >= 15 is 0 Å². The first-order chi connectivity index (χ1) is 5.56. The Bertz CT molecular complexity index is 172. The molecule has 0 aliphatic carbocycles. The maximum Gasteiger partial charge on any atom is 0.459 e. The first-order valence-electron chi connectivity index (χ1n) is 3.57. The van der Waals surface area contributed by atoms with Crippen LogP contribution in [0.2, 0.25) is 0 Å². The highest BCUT2D eigenvalue weighted by atomic mass is 32.9. The highest BCUT2D eigenvalue weighted by Crippen LogP contribution is 2.41. The number of hydrogen-bond donors (Lipinski definition) is 0. The van der Waals surface area contributed by atoms with Crippen molar-refractivity contribution >= 4 is 35.6 Å². The molecule has 1 atom stereocenters. The molecule has 12 heavy (non-hydrogen) atoms. The smallest absolute Gasteiger partial charge is 0.347 e. The Labute approximate surface area is 82.7 Å². The van der Waals surface area contributed by atoms with Gasteiger partial charge in [0.1, 0.15) is 6.10 Å². The fraction of sp³-hybridized carbons (Fsp3) is 0.833. The third kappa shape index (κ3) is 6.98. The molecular weight excluding hydrogens is 215 g/mol. The Hall–Kier alpha value is 0.300. The van der Waals surface area contributed by atoms with Gasteiger partial charge in [0, 0.05) is 6.42 Å². The molecule has 0 bridgehead atoms. The van der Waals surface area contributed by atoms with E-state index in [1.54, 1.807) is 6.92 Å². The summed E-state index contributed by atoms with van der Waals surface area (Å²) in [7, 11) is 0. The number of carbonyl (C=O) groups excluding carboxylic acids is 1. The second kappa shape index (κ2) is 6.78. The predicted octanol–water partition coefficient (Wildman–Crippen LogP) is 2.79. The quantitative estimate of drug-likeness (QED) is 0.533. The molecule has 0 aromatic heterocycles. The van der Waals surface area contributed by atoms with Crippen LogP contribution in [0.3, 0.4) is 0 Å². The van der Waals surface area contributed by atoms with Gasteiger partial charge in [-0.2, -0.15) is 4.52 Å². The second-order valence-corrected chi connectivity index (χ2v) is 6.37. The number of carbonyl (C=O) groups is 1. The van der Waals surface area contributed by atoms with Crippen molar-refractivity contribution in [3.63, 3.8) is 0 Å². The van der Waals surface area contributed by atoms with Crippen LogP contribution >= 0.6 is 17.8 Å².